The summed E-state index contributed by atoms with van der Waals surface area (Å²) in [5.41, 5.74) is 1.32. The van der Waals surface area contributed by atoms with Gasteiger partial charge in [0, 0.05) is 12.7 Å². The third-order valence-corrected chi connectivity index (χ3v) is 5.28. The average Bonchev–Trinajstić information content (AvgIpc) is 2.72. The normalized spacial score (nSPS) is 18.8. The van der Waals surface area contributed by atoms with E-state index in [1.807, 2.05) is 45.9 Å². The quantitative estimate of drug-likeness (QED) is 0.453. The molecule has 0 aliphatic carbocycles. The highest BCUT2D eigenvalue weighted by Gasteiger charge is 2.52. The van der Waals surface area contributed by atoms with Crippen molar-refractivity contribution in [3.05, 3.63) is 35.3 Å². The first-order chi connectivity index (χ1) is 11.6. The molecule has 0 bridgehead atoms. The van der Waals surface area contributed by atoms with E-state index in [0.717, 1.165) is 11.0 Å². The molecule has 1 aliphatic heterocycles. The summed E-state index contributed by atoms with van der Waals surface area (Å²) < 4.78 is 12.2. The maximum absolute atomic E-state index is 11.4. The fourth-order valence-corrected chi connectivity index (χ4v) is 2.90. The molecule has 0 unspecified atom stereocenters. The minimum Gasteiger partial charge on any atom is -0.400 e. The smallest absolute Gasteiger partial charge is 0.400 e. The lowest BCUT2D eigenvalue weighted by molar-refractivity contribution is -0.109. The fraction of sp³-hybridized carbons (Fsp3) is 0.444. The molecular formula is C18H22BNO4S. The van der Waals surface area contributed by atoms with Gasteiger partial charge in [0.2, 0.25) is 6.08 Å². The summed E-state index contributed by atoms with van der Waals surface area (Å²) >= 11 is 1.21. The highest BCUT2D eigenvalue weighted by Crippen LogP contribution is 2.39. The van der Waals surface area contributed by atoms with E-state index in [4.69, 9.17) is 9.31 Å². The van der Waals surface area contributed by atoms with Crippen LogP contribution >= 0.6 is 11.8 Å². The molecular weight excluding hydrogens is 337 g/mol. The van der Waals surface area contributed by atoms with Gasteiger partial charge in [-0.05, 0) is 50.9 Å². The molecule has 0 radical (unpaired) electrons. The predicted octanol–water partition coefficient (Wildman–Crippen LogP) is 3.95. The first-order valence-corrected chi connectivity index (χ1v) is 9.00. The lowest BCUT2D eigenvalue weighted by atomic mass is 9.78. The van der Waals surface area contributed by atoms with Crippen LogP contribution in [-0.2, 0) is 18.9 Å². The lowest BCUT2D eigenvalue weighted by Crippen LogP contribution is -2.41. The number of aliphatic imine (C=N–C) groups is 1. The Balaban J connectivity index is 2.35. The topological polar surface area (TPSA) is 65.0 Å². The van der Waals surface area contributed by atoms with E-state index in [1.165, 1.54) is 24.8 Å². The first-order valence-electron chi connectivity index (χ1n) is 8.02. The molecule has 5 nitrogen and oxygen atoms in total. The van der Waals surface area contributed by atoms with E-state index in [-0.39, 0.29) is 5.12 Å². The number of rotatable bonds is 5. The van der Waals surface area contributed by atoms with Crippen LogP contribution in [0.5, 0.6) is 0 Å². The van der Waals surface area contributed by atoms with Crippen LogP contribution in [0.15, 0.2) is 34.7 Å². The van der Waals surface area contributed by atoms with Crippen molar-refractivity contribution in [3.63, 3.8) is 0 Å². The molecule has 0 N–H and O–H groups in total. The lowest BCUT2D eigenvalue weighted by Gasteiger charge is -2.32. The summed E-state index contributed by atoms with van der Waals surface area (Å²) in [5.74, 6) is 0.466. The van der Waals surface area contributed by atoms with Crippen LogP contribution in [0.3, 0.4) is 0 Å². The third-order valence-electron chi connectivity index (χ3n) is 4.40. The molecule has 1 aromatic carbocycles. The maximum atomic E-state index is 11.4. The number of nitrogens with zero attached hydrogens (tertiary/aromatic N) is 1. The van der Waals surface area contributed by atoms with Gasteiger partial charge in [0.15, 0.2) is 5.12 Å². The SMILES string of the molecule is CC(=O)SCC(=Cc1cccc(N=C=O)c1)B1OC(C)(C)C(C)(C)O1. The van der Waals surface area contributed by atoms with Gasteiger partial charge in [-0.15, -0.1) is 0 Å². The van der Waals surface area contributed by atoms with Crippen molar-refractivity contribution in [1.29, 1.82) is 0 Å². The van der Waals surface area contributed by atoms with Gasteiger partial charge in [-0.25, -0.2) is 4.79 Å². The standard InChI is InChI=1S/C18H22BNO4S/c1-13(22)25-11-15(19-23-17(2,3)18(4,5)24-19)9-14-7-6-8-16(10-14)20-12-21/h6-10H,11H2,1-5H3. The van der Waals surface area contributed by atoms with Gasteiger partial charge in [-0.2, -0.15) is 4.99 Å². The number of carbonyl (C=O) groups is 1. The maximum Gasteiger partial charge on any atom is 0.491 e. The zero-order valence-corrected chi connectivity index (χ0v) is 16.0. The van der Waals surface area contributed by atoms with Gasteiger partial charge >= 0.3 is 7.12 Å². The number of benzene rings is 1. The molecule has 7 heteroatoms. The van der Waals surface area contributed by atoms with Crippen LogP contribution in [-0.4, -0.2) is 35.3 Å². The molecule has 1 fully saturated rings. The van der Waals surface area contributed by atoms with Crippen LogP contribution < -0.4 is 0 Å². The van der Waals surface area contributed by atoms with Crippen LogP contribution in [0.4, 0.5) is 5.69 Å². The van der Waals surface area contributed by atoms with Crippen molar-refractivity contribution in [2.75, 3.05) is 5.75 Å². The fourth-order valence-electron chi connectivity index (χ4n) is 2.31. The highest BCUT2D eigenvalue weighted by molar-refractivity contribution is 8.13. The van der Waals surface area contributed by atoms with Crippen LogP contribution in [0.1, 0.15) is 40.2 Å². The molecule has 1 heterocycles. The van der Waals surface area contributed by atoms with Gasteiger partial charge in [-0.1, -0.05) is 30.0 Å². The zero-order chi connectivity index (χ0) is 18.7. The highest BCUT2D eigenvalue weighted by atomic mass is 32.2. The Morgan fingerprint density at radius 1 is 1.28 bits per heavy atom. The molecule has 0 aromatic heterocycles. The molecule has 25 heavy (non-hydrogen) atoms. The summed E-state index contributed by atoms with van der Waals surface area (Å²) in [7, 11) is -0.532. The number of isocyanates is 1. The molecule has 1 aliphatic rings. The van der Waals surface area contributed by atoms with E-state index in [9.17, 15) is 9.59 Å². The predicted molar refractivity (Wildman–Crippen MR) is 101 cm³/mol. The Bertz CT molecular complexity index is 722. The number of hydrogen-bond donors (Lipinski definition) is 0. The van der Waals surface area contributed by atoms with Crippen molar-refractivity contribution in [2.45, 2.75) is 45.8 Å². The minimum atomic E-state index is -0.532. The summed E-state index contributed by atoms with van der Waals surface area (Å²) in [6, 6.07) is 7.20. The molecule has 2 rings (SSSR count). The van der Waals surface area contributed by atoms with E-state index < -0.39 is 18.3 Å². The largest absolute Gasteiger partial charge is 0.491 e. The van der Waals surface area contributed by atoms with Crippen molar-refractivity contribution in [3.8, 4) is 0 Å². The summed E-state index contributed by atoms with van der Waals surface area (Å²) in [6.45, 7) is 9.49. The molecule has 0 atom stereocenters. The molecule has 0 amide bonds. The Kier molecular flexibility index (Phi) is 6.06. The van der Waals surface area contributed by atoms with Gasteiger partial charge in [-0.3, -0.25) is 4.79 Å². The second kappa shape index (κ2) is 7.71. The molecule has 132 valence electrons. The number of carbonyl (C=O) groups excluding carboxylic acids is 2. The van der Waals surface area contributed by atoms with E-state index in [0.29, 0.717) is 11.4 Å². The monoisotopic (exact) mass is 359 g/mol. The van der Waals surface area contributed by atoms with Crippen molar-refractivity contribution in [2.24, 2.45) is 4.99 Å². The molecule has 0 spiro atoms. The Hall–Kier alpha value is -1.66. The third kappa shape index (κ3) is 4.92. The second-order valence-electron chi connectivity index (χ2n) is 6.89. The van der Waals surface area contributed by atoms with E-state index in [2.05, 4.69) is 4.99 Å². The average molecular weight is 359 g/mol. The van der Waals surface area contributed by atoms with Crippen LogP contribution in [0, 0.1) is 0 Å². The Morgan fingerprint density at radius 3 is 2.48 bits per heavy atom. The van der Waals surface area contributed by atoms with Crippen LogP contribution in [0.25, 0.3) is 6.08 Å². The summed E-state index contributed by atoms with van der Waals surface area (Å²) in [6.07, 6.45) is 3.46. The van der Waals surface area contributed by atoms with Crippen molar-refractivity contribution < 1.29 is 18.9 Å². The van der Waals surface area contributed by atoms with E-state index in [1.54, 1.807) is 12.1 Å². The van der Waals surface area contributed by atoms with Crippen molar-refractivity contribution >= 4 is 41.8 Å². The minimum absolute atomic E-state index is 0.0294. The van der Waals surface area contributed by atoms with Crippen molar-refractivity contribution in [1.82, 2.24) is 0 Å². The van der Waals surface area contributed by atoms with Gasteiger partial charge in [0.1, 0.15) is 0 Å². The number of hydrogen-bond acceptors (Lipinski definition) is 6. The molecule has 1 saturated heterocycles. The molecule has 0 saturated carbocycles. The Morgan fingerprint density at radius 2 is 1.92 bits per heavy atom. The van der Waals surface area contributed by atoms with Crippen LogP contribution in [0.2, 0.25) is 0 Å². The van der Waals surface area contributed by atoms with Gasteiger partial charge in [0.05, 0.1) is 16.9 Å². The summed E-state index contributed by atoms with van der Waals surface area (Å²) in [4.78, 5) is 25.5. The second-order valence-corrected chi connectivity index (χ2v) is 8.04. The number of thioether (sulfide) groups is 1. The first kappa shape index (κ1) is 19.7. The molecule has 1 aromatic rings. The van der Waals surface area contributed by atoms with Gasteiger partial charge < -0.3 is 9.31 Å². The zero-order valence-electron chi connectivity index (χ0n) is 15.2. The van der Waals surface area contributed by atoms with Gasteiger partial charge in [0.25, 0.3) is 0 Å². The summed E-state index contributed by atoms with van der Waals surface area (Å²) in [5, 5.41) is 0.0294. The Labute approximate surface area is 153 Å². The van der Waals surface area contributed by atoms with E-state index >= 15 is 0 Å².